The molecule has 0 bridgehead atoms. The van der Waals surface area contributed by atoms with Crippen molar-refractivity contribution in [1.29, 1.82) is 0 Å². The van der Waals surface area contributed by atoms with Crippen molar-refractivity contribution < 1.29 is 14.4 Å². The van der Waals surface area contributed by atoms with Gasteiger partial charge in [0.2, 0.25) is 5.91 Å². The molecule has 0 saturated carbocycles. The van der Waals surface area contributed by atoms with Gasteiger partial charge in [-0.25, -0.2) is 0 Å². The maximum absolute atomic E-state index is 12.5. The molecule has 1 aromatic carbocycles. The van der Waals surface area contributed by atoms with Gasteiger partial charge < -0.3 is 4.90 Å². The van der Waals surface area contributed by atoms with Gasteiger partial charge in [-0.05, 0) is 32.8 Å². The highest BCUT2D eigenvalue weighted by atomic mass is 32.1. The topological polar surface area (TPSA) is 54.5 Å². The number of amides is 1. The van der Waals surface area contributed by atoms with Gasteiger partial charge in [-0.2, -0.15) is 0 Å². The van der Waals surface area contributed by atoms with Crippen LogP contribution >= 0.6 is 11.3 Å². The minimum absolute atomic E-state index is 0.0126. The lowest BCUT2D eigenvalue weighted by molar-refractivity contribution is -0.132. The van der Waals surface area contributed by atoms with Gasteiger partial charge in [-0.3, -0.25) is 14.4 Å². The molecule has 27 heavy (non-hydrogen) atoms. The van der Waals surface area contributed by atoms with Crippen LogP contribution in [0, 0.1) is 19.8 Å². The molecule has 0 unspecified atom stereocenters. The second-order valence-electron chi connectivity index (χ2n) is 7.14. The van der Waals surface area contributed by atoms with E-state index in [-0.39, 0.29) is 36.2 Å². The number of carbonyl (C=O) groups excluding carboxylic acids is 3. The number of carbonyl (C=O) groups is 3. The first-order valence-corrected chi connectivity index (χ1v) is 10.2. The third-order valence-electron chi connectivity index (χ3n) is 5.18. The molecule has 142 valence electrons. The molecule has 0 atom stereocenters. The molecule has 0 N–H and O–H groups in total. The average Bonchev–Trinajstić information content (AvgIpc) is 3.04. The van der Waals surface area contributed by atoms with Crippen molar-refractivity contribution in [1.82, 2.24) is 4.90 Å². The molecule has 1 amide bonds. The second kappa shape index (κ2) is 8.61. The third kappa shape index (κ3) is 4.72. The number of likely N-dealkylation sites (tertiary alicyclic amines) is 1. The van der Waals surface area contributed by atoms with Gasteiger partial charge in [0.15, 0.2) is 11.6 Å². The fourth-order valence-electron chi connectivity index (χ4n) is 3.65. The highest BCUT2D eigenvalue weighted by molar-refractivity contribution is 7.12. The molecule has 0 radical (unpaired) electrons. The van der Waals surface area contributed by atoms with Crippen molar-refractivity contribution in [2.45, 2.75) is 39.5 Å². The summed E-state index contributed by atoms with van der Waals surface area (Å²) in [4.78, 5) is 41.3. The molecule has 4 nitrogen and oxygen atoms in total. The number of nitrogens with zero attached hydrogens (tertiary/aromatic N) is 1. The molecule has 1 saturated heterocycles. The standard InChI is InChI=1S/C22H25NO3S/c1-15-14-19(16(2)27-15)20(24)8-9-21(25)23-12-10-18(11-13-23)22(26)17-6-4-3-5-7-17/h3-7,14,18H,8-13H2,1-2H3. The van der Waals surface area contributed by atoms with Gasteiger partial charge in [0.25, 0.3) is 0 Å². The van der Waals surface area contributed by atoms with Crippen LogP contribution in [0.5, 0.6) is 0 Å². The normalized spacial score (nSPS) is 15.0. The number of hydrogen-bond acceptors (Lipinski definition) is 4. The predicted molar refractivity (Wildman–Crippen MR) is 107 cm³/mol. The summed E-state index contributed by atoms with van der Waals surface area (Å²) in [5, 5.41) is 0. The van der Waals surface area contributed by atoms with Crippen LogP contribution in [0.25, 0.3) is 0 Å². The van der Waals surface area contributed by atoms with Crippen LogP contribution in [0.15, 0.2) is 36.4 Å². The molecule has 2 heterocycles. The van der Waals surface area contributed by atoms with Gasteiger partial charge in [-0.1, -0.05) is 30.3 Å². The first-order chi connectivity index (χ1) is 13.0. The fraction of sp³-hybridized carbons (Fsp3) is 0.409. The lowest BCUT2D eigenvalue weighted by atomic mass is 9.89. The van der Waals surface area contributed by atoms with Crippen LogP contribution in [0.2, 0.25) is 0 Å². The van der Waals surface area contributed by atoms with E-state index in [0.29, 0.717) is 25.9 Å². The Kier molecular flexibility index (Phi) is 6.22. The Morgan fingerprint density at radius 1 is 1.04 bits per heavy atom. The van der Waals surface area contributed by atoms with Crippen molar-refractivity contribution in [2.24, 2.45) is 5.92 Å². The Balaban J connectivity index is 1.48. The number of piperidine rings is 1. The first-order valence-electron chi connectivity index (χ1n) is 9.43. The predicted octanol–water partition coefficient (Wildman–Crippen LogP) is 4.45. The lowest BCUT2D eigenvalue weighted by Crippen LogP contribution is -2.40. The number of benzene rings is 1. The Morgan fingerprint density at radius 2 is 1.70 bits per heavy atom. The molecule has 1 aromatic heterocycles. The zero-order chi connectivity index (χ0) is 19.4. The maximum atomic E-state index is 12.5. The molecule has 1 aliphatic rings. The van der Waals surface area contributed by atoms with E-state index in [9.17, 15) is 14.4 Å². The zero-order valence-corrected chi connectivity index (χ0v) is 16.7. The number of ketones is 2. The molecule has 0 spiro atoms. The van der Waals surface area contributed by atoms with Crippen LogP contribution < -0.4 is 0 Å². The number of aryl methyl sites for hydroxylation is 2. The van der Waals surface area contributed by atoms with Gasteiger partial charge in [-0.15, -0.1) is 11.3 Å². The van der Waals surface area contributed by atoms with E-state index in [1.165, 1.54) is 0 Å². The molecule has 3 rings (SSSR count). The molecule has 2 aromatic rings. The maximum Gasteiger partial charge on any atom is 0.223 e. The van der Waals surface area contributed by atoms with Crippen molar-refractivity contribution in [3.05, 3.63) is 57.3 Å². The molecule has 0 aliphatic carbocycles. The highest BCUT2D eigenvalue weighted by Crippen LogP contribution is 2.24. The Hall–Kier alpha value is -2.27. The summed E-state index contributed by atoms with van der Waals surface area (Å²) in [5.41, 5.74) is 1.49. The lowest BCUT2D eigenvalue weighted by Gasteiger charge is -2.31. The molecule has 5 heteroatoms. The Bertz CT molecular complexity index is 832. The summed E-state index contributed by atoms with van der Waals surface area (Å²) in [6.07, 6.45) is 1.87. The quantitative estimate of drug-likeness (QED) is 0.693. The van der Waals surface area contributed by atoms with Gasteiger partial charge in [0, 0.05) is 52.7 Å². The molecular weight excluding hydrogens is 358 g/mol. The summed E-state index contributed by atoms with van der Waals surface area (Å²) in [5.74, 6) is 0.202. The zero-order valence-electron chi connectivity index (χ0n) is 15.9. The first kappa shape index (κ1) is 19.5. The summed E-state index contributed by atoms with van der Waals surface area (Å²) in [7, 11) is 0. The minimum atomic E-state index is -0.0190. The number of Topliss-reactive ketones (excluding diaryl/α,β-unsaturated/α-hetero) is 2. The molecule has 1 fully saturated rings. The van der Waals surface area contributed by atoms with E-state index in [0.717, 1.165) is 20.9 Å². The van der Waals surface area contributed by atoms with E-state index in [1.807, 2.05) is 50.2 Å². The van der Waals surface area contributed by atoms with Gasteiger partial charge in [0.05, 0.1) is 0 Å². The second-order valence-corrected chi connectivity index (χ2v) is 8.60. The van der Waals surface area contributed by atoms with Gasteiger partial charge >= 0.3 is 0 Å². The average molecular weight is 384 g/mol. The Labute approximate surface area is 164 Å². The van der Waals surface area contributed by atoms with E-state index < -0.39 is 0 Å². The highest BCUT2D eigenvalue weighted by Gasteiger charge is 2.28. The van der Waals surface area contributed by atoms with Crippen LogP contribution in [0.4, 0.5) is 0 Å². The van der Waals surface area contributed by atoms with Crippen molar-refractivity contribution in [3.63, 3.8) is 0 Å². The van der Waals surface area contributed by atoms with Crippen LogP contribution in [0.3, 0.4) is 0 Å². The molecule has 1 aliphatic heterocycles. The van der Waals surface area contributed by atoms with E-state index >= 15 is 0 Å². The van der Waals surface area contributed by atoms with E-state index in [2.05, 4.69) is 0 Å². The summed E-state index contributed by atoms with van der Waals surface area (Å²) in [6, 6.07) is 11.3. The SMILES string of the molecule is Cc1cc(C(=O)CCC(=O)N2CCC(C(=O)c3ccccc3)CC2)c(C)s1. The fourth-order valence-corrected chi connectivity index (χ4v) is 4.59. The number of thiophene rings is 1. The molecular formula is C22H25NO3S. The largest absolute Gasteiger partial charge is 0.343 e. The van der Waals surface area contributed by atoms with Crippen LogP contribution in [0.1, 0.15) is 56.2 Å². The summed E-state index contributed by atoms with van der Waals surface area (Å²) < 4.78 is 0. The smallest absolute Gasteiger partial charge is 0.223 e. The summed E-state index contributed by atoms with van der Waals surface area (Å²) >= 11 is 1.61. The van der Waals surface area contributed by atoms with E-state index in [1.54, 1.807) is 16.2 Å². The van der Waals surface area contributed by atoms with E-state index in [4.69, 9.17) is 0 Å². The van der Waals surface area contributed by atoms with Crippen molar-refractivity contribution in [2.75, 3.05) is 13.1 Å². The Morgan fingerprint density at radius 3 is 2.30 bits per heavy atom. The summed E-state index contributed by atoms with van der Waals surface area (Å²) in [6.45, 7) is 5.11. The van der Waals surface area contributed by atoms with Crippen molar-refractivity contribution in [3.8, 4) is 0 Å². The third-order valence-corrected chi connectivity index (χ3v) is 6.15. The van der Waals surface area contributed by atoms with Crippen LogP contribution in [-0.4, -0.2) is 35.5 Å². The number of rotatable bonds is 6. The minimum Gasteiger partial charge on any atom is -0.343 e. The van der Waals surface area contributed by atoms with Crippen molar-refractivity contribution >= 4 is 28.8 Å². The number of hydrogen-bond donors (Lipinski definition) is 0. The van der Waals surface area contributed by atoms with Crippen LogP contribution in [-0.2, 0) is 4.79 Å². The monoisotopic (exact) mass is 383 g/mol. The van der Waals surface area contributed by atoms with Gasteiger partial charge in [0.1, 0.15) is 0 Å².